The van der Waals surface area contributed by atoms with Gasteiger partial charge >= 0.3 is 0 Å². The van der Waals surface area contributed by atoms with Crippen LogP contribution < -0.4 is 4.74 Å². The van der Waals surface area contributed by atoms with E-state index in [9.17, 15) is 18.8 Å². The number of pyridine rings is 1. The van der Waals surface area contributed by atoms with Crippen LogP contribution in [0.2, 0.25) is 5.02 Å². The Hall–Kier alpha value is -2.96. The van der Waals surface area contributed by atoms with Crippen molar-refractivity contribution < 1.29 is 18.3 Å². The molecule has 1 N–H and O–H groups in total. The van der Waals surface area contributed by atoms with Gasteiger partial charge in [0.25, 0.3) is 0 Å². The largest absolute Gasteiger partial charge is 0.476 e. The van der Waals surface area contributed by atoms with Crippen LogP contribution in [0.4, 0.5) is 0 Å². The molecular formula is C27H28ClN3O4S. The number of benzene rings is 1. The first kappa shape index (κ1) is 26.1. The Kier molecular flexibility index (Phi) is 6.65. The number of hydrogen-bond acceptors (Lipinski definition) is 6. The van der Waals surface area contributed by atoms with E-state index in [1.165, 1.54) is 24.6 Å². The maximum Gasteiger partial charge on any atom is 0.217 e. The fourth-order valence-corrected chi connectivity index (χ4v) is 7.64. The molecule has 0 radical (unpaired) electrons. The minimum atomic E-state index is -3.92. The van der Waals surface area contributed by atoms with E-state index >= 15 is 0 Å². The molecule has 2 aliphatic rings. The second kappa shape index (κ2) is 9.16. The number of hydrogen-bond donors (Lipinski definition) is 1. The monoisotopic (exact) mass is 525 g/mol. The fourth-order valence-electron chi connectivity index (χ4n) is 5.60. The van der Waals surface area contributed by atoms with Crippen molar-refractivity contribution in [2.45, 2.75) is 36.2 Å². The average Bonchev–Trinajstić information content (AvgIpc) is 3.22. The van der Waals surface area contributed by atoms with Crippen molar-refractivity contribution in [3.05, 3.63) is 94.8 Å². The summed E-state index contributed by atoms with van der Waals surface area (Å²) in [6, 6.07) is 12.8. The van der Waals surface area contributed by atoms with Crippen LogP contribution in [-0.2, 0) is 15.6 Å². The van der Waals surface area contributed by atoms with E-state index in [2.05, 4.69) is 17.6 Å². The number of fused-ring (bicyclic) bond motifs is 3. The first-order valence-electron chi connectivity index (χ1n) is 11.4. The van der Waals surface area contributed by atoms with Crippen LogP contribution in [0.15, 0.2) is 78.5 Å². The van der Waals surface area contributed by atoms with Crippen LogP contribution in [-0.4, -0.2) is 47.8 Å². The maximum atomic E-state index is 13.8. The predicted molar refractivity (Wildman–Crippen MR) is 139 cm³/mol. The third-order valence-corrected chi connectivity index (χ3v) is 9.92. The van der Waals surface area contributed by atoms with E-state index in [0.29, 0.717) is 21.7 Å². The van der Waals surface area contributed by atoms with Gasteiger partial charge in [-0.2, -0.15) is 5.26 Å². The molecule has 0 amide bonds. The van der Waals surface area contributed by atoms with E-state index in [-0.39, 0.29) is 11.4 Å². The Morgan fingerprint density at radius 3 is 2.56 bits per heavy atom. The van der Waals surface area contributed by atoms with Crippen LogP contribution in [0, 0.1) is 17.2 Å². The van der Waals surface area contributed by atoms with Crippen molar-refractivity contribution in [1.29, 1.82) is 5.26 Å². The zero-order chi connectivity index (χ0) is 26.5. The number of aliphatic hydroxyl groups is 1. The molecule has 188 valence electrons. The summed E-state index contributed by atoms with van der Waals surface area (Å²) in [4.78, 5) is 4.42. The molecule has 9 heteroatoms. The van der Waals surface area contributed by atoms with Gasteiger partial charge in [-0.15, -0.1) is 0 Å². The zero-order valence-corrected chi connectivity index (χ0v) is 22.1. The Balaban J connectivity index is 2.08. The van der Waals surface area contributed by atoms with Crippen molar-refractivity contribution in [3.63, 3.8) is 0 Å². The van der Waals surface area contributed by atoms with Gasteiger partial charge in [0.05, 0.1) is 16.3 Å². The number of nitrogens with zero attached hydrogens (tertiary/aromatic N) is 3. The lowest BCUT2D eigenvalue weighted by Crippen LogP contribution is -2.53. The summed E-state index contributed by atoms with van der Waals surface area (Å²) in [5, 5.41) is 21.2. The van der Waals surface area contributed by atoms with E-state index < -0.39 is 38.3 Å². The minimum absolute atomic E-state index is 0.206. The minimum Gasteiger partial charge on any atom is -0.476 e. The van der Waals surface area contributed by atoms with Gasteiger partial charge in [0.1, 0.15) is 11.4 Å². The second-order valence-corrected chi connectivity index (χ2v) is 12.0. The SMILES string of the molecule is C=C(/C=C\C(C#N)=C/C)[C@@]12Oc3cc(Cl)cnc3[C@]1(O)[C@H](C)[C@H](S(=O)(=O)N(C)C)[C@H]2c1ccccc1. The molecule has 36 heavy (non-hydrogen) atoms. The standard InChI is InChI=1S/C27H28ClN3O4S/c1-6-19(15-29)13-12-17(2)27-23(20-10-8-7-9-11-20)24(36(33,34)31(4)5)18(3)26(27,32)25-22(35-27)14-21(28)16-30-25/h6-14,16,18,23-24,32H,2H2,1,3-5H3/b13-12-,19-6+/t18-,23-,24+,26-,27+/m1/s1. The van der Waals surface area contributed by atoms with Crippen molar-refractivity contribution in [1.82, 2.24) is 9.29 Å². The van der Waals surface area contributed by atoms with Gasteiger partial charge in [-0.05, 0) is 24.1 Å². The number of rotatable bonds is 6. The molecule has 2 heterocycles. The maximum absolute atomic E-state index is 13.8. The van der Waals surface area contributed by atoms with Gasteiger partial charge in [-0.25, -0.2) is 12.7 Å². The van der Waals surface area contributed by atoms with Gasteiger partial charge in [0.2, 0.25) is 10.0 Å². The summed E-state index contributed by atoms with van der Waals surface area (Å²) in [5.41, 5.74) is -1.95. The molecular weight excluding hydrogens is 498 g/mol. The van der Waals surface area contributed by atoms with Gasteiger partial charge in [-0.3, -0.25) is 4.98 Å². The third-order valence-electron chi connectivity index (χ3n) is 7.33. The average molecular weight is 526 g/mol. The highest BCUT2D eigenvalue weighted by Crippen LogP contribution is 2.67. The van der Waals surface area contributed by atoms with E-state index in [1.54, 1.807) is 38.1 Å². The lowest BCUT2D eigenvalue weighted by molar-refractivity contribution is -0.0976. The van der Waals surface area contributed by atoms with Crippen molar-refractivity contribution in [2.75, 3.05) is 14.1 Å². The molecule has 0 bridgehead atoms. The summed E-state index contributed by atoms with van der Waals surface area (Å²) in [6.45, 7) is 7.69. The number of allylic oxidation sites excluding steroid dienone is 3. The summed E-state index contributed by atoms with van der Waals surface area (Å²) in [6.07, 6.45) is 6.22. The molecule has 1 fully saturated rings. The van der Waals surface area contributed by atoms with E-state index in [1.807, 2.05) is 30.3 Å². The summed E-state index contributed by atoms with van der Waals surface area (Å²) in [7, 11) is -0.968. The molecule has 0 spiro atoms. The van der Waals surface area contributed by atoms with Gasteiger partial charge < -0.3 is 9.84 Å². The molecule has 1 aromatic heterocycles. The van der Waals surface area contributed by atoms with Crippen LogP contribution in [0.5, 0.6) is 5.75 Å². The van der Waals surface area contributed by atoms with Gasteiger partial charge in [0.15, 0.2) is 11.2 Å². The Morgan fingerprint density at radius 2 is 1.97 bits per heavy atom. The molecule has 1 saturated carbocycles. The molecule has 7 nitrogen and oxygen atoms in total. The molecule has 0 unspecified atom stereocenters. The van der Waals surface area contributed by atoms with Crippen LogP contribution in [0.3, 0.4) is 0 Å². The van der Waals surface area contributed by atoms with Crippen molar-refractivity contribution in [3.8, 4) is 11.8 Å². The van der Waals surface area contributed by atoms with Gasteiger partial charge in [0, 0.05) is 43.8 Å². The number of aromatic nitrogens is 1. The summed E-state index contributed by atoms with van der Waals surface area (Å²) < 4.78 is 35.4. The number of halogens is 1. The fraction of sp³-hybridized carbons (Fsp3) is 0.333. The van der Waals surface area contributed by atoms with Gasteiger partial charge in [-0.1, -0.05) is 67.6 Å². The predicted octanol–water partition coefficient (Wildman–Crippen LogP) is 4.33. The molecule has 1 aromatic carbocycles. The third kappa shape index (κ3) is 3.53. The first-order chi connectivity index (χ1) is 17.0. The molecule has 5 atom stereocenters. The highest BCUT2D eigenvalue weighted by atomic mass is 35.5. The Bertz CT molecular complexity index is 1410. The quantitative estimate of drug-likeness (QED) is 0.444. The second-order valence-electron chi connectivity index (χ2n) is 9.29. The van der Waals surface area contributed by atoms with E-state index in [4.69, 9.17) is 16.3 Å². The van der Waals surface area contributed by atoms with E-state index in [0.717, 1.165) is 0 Å². The topological polar surface area (TPSA) is 104 Å². The Morgan fingerprint density at radius 1 is 1.31 bits per heavy atom. The highest BCUT2D eigenvalue weighted by Gasteiger charge is 2.77. The lowest BCUT2D eigenvalue weighted by Gasteiger charge is -2.41. The molecule has 0 saturated heterocycles. The lowest BCUT2D eigenvalue weighted by atomic mass is 9.71. The van der Waals surface area contributed by atoms with Crippen molar-refractivity contribution >= 4 is 21.6 Å². The molecule has 2 aromatic rings. The summed E-state index contributed by atoms with van der Waals surface area (Å²) in [5.74, 6) is -1.46. The molecule has 1 aliphatic carbocycles. The number of sulfonamides is 1. The van der Waals surface area contributed by atoms with Crippen LogP contribution in [0.1, 0.15) is 31.0 Å². The molecule has 4 rings (SSSR count). The Labute approximate surface area is 217 Å². The zero-order valence-electron chi connectivity index (χ0n) is 20.5. The smallest absolute Gasteiger partial charge is 0.217 e. The van der Waals surface area contributed by atoms with Crippen molar-refractivity contribution in [2.24, 2.45) is 5.92 Å². The summed E-state index contributed by atoms with van der Waals surface area (Å²) >= 11 is 6.22. The first-order valence-corrected chi connectivity index (χ1v) is 13.3. The molecule has 1 aliphatic heterocycles. The number of ether oxygens (including phenoxy) is 1. The highest BCUT2D eigenvalue weighted by molar-refractivity contribution is 7.89. The normalized spacial score (nSPS) is 29.6. The van der Waals surface area contributed by atoms with Crippen LogP contribution >= 0.6 is 11.6 Å². The van der Waals surface area contributed by atoms with Crippen LogP contribution in [0.25, 0.3) is 0 Å². The number of nitriles is 1.